The highest BCUT2D eigenvalue weighted by atomic mass is 35.5. The number of aliphatic hydroxyl groups is 1. The first-order valence-corrected chi connectivity index (χ1v) is 10.0. The summed E-state index contributed by atoms with van der Waals surface area (Å²) in [4.78, 5) is 16.2. The molecule has 0 bridgehead atoms. The molecule has 32 heavy (non-hydrogen) atoms. The van der Waals surface area contributed by atoms with Crippen LogP contribution < -0.4 is 16.2 Å². The normalized spacial score (nSPS) is 13.1. The fraction of sp³-hybridized carbons (Fsp3) is 0.286. The predicted molar refractivity (Wildman–Crippen MR) is 114 cm³/mol. The number of carbonyl (C=O) groups excluding carboxylic acids is 1. The molecule has 0 aliphatic rings. The summed E-state index contributed by atoms with van der Waals surface area (Å²) in [5.41, 5.74) is 9.52. The minimum atomic E-state index is -1.88. The minimum absolute atomic E-state index is 0.0201. The Morgan fingerprint density at radius 3 is 2.56 bits per heavy atom. The Balaban J connectivity index is 2.36. The van der Waals surface area contributed by atoms with Crippen LogP contribution in [0.3, 0.4) is 0 Å². The van der Waals surface area contributed by atoms with E-state index in [4.69, 9.17) is 27.8 Å². The molecule has 2 heterocycles. The summed E-state index contributed by atoms with van der Waals surface area (Å²) in [5.74, 6) is -2.55. The van der Waals surface area contributed by atoms with Gasteiger partial charge in [-0.25, -0.2) is 13.8 Å². The minimum Gasteiger partial charge on any atom is -0.491 e. The van der Waals surface area contributed by atoms with Crippen molar-refractivity contribution in [2.75, 3.05) is 13.2 Å². The van der Waals surface area contributed by atoms with E-state index in [9.17, 15) is 18.7 Å². The first-order valence-electron chi connectivity index (χ1n) is 9.63. The van der Waals surface area contributed by atoms with E-state index in [1.54, 1.807) is 26.2 Å². The van der Waals surface area contributed by atoms with Crippen LogP contribution in [0, 0.1) is 11.6 Å². The van der Waals surface area contributed by atoms with E-state index >= 15 is 0 Å². The molecular weight excluding hydrogens is 444 g/mol. The Kier molecular flexibility index (Phi) is 6.77. The fourth-order valence-corrected chi connectivity index (χ4v) is 3.45. The van der Waals surface area contributed by atoms with Crippen molar-refractivity contribution in [1.29, 1.82) is 0 Å². The second kappa shape index (κ2) is 9.19. The SMILES string of the molecule is CCOc1c(CC(N)=O)cc([C@@](O)(CN)c2ccn(C)n2)nc1-c1cc(Cl)c(F)cc1F. The summed E-state index contributed by atoms with van der Waals surface area (Å²) < 4.78 is 35.7. The van der Waals surface area contributed by atoms with Crippen LogP contribution in [-0.2, 0) is 23.9 Å². The van der Waals surface area contributed by atoms with Crippen LogP contribution in [0.5, 0.6) is 5.75 Å². The number of benzene rings is 1. The van der Waals surface area contributed by atoms with Crippen molar-refractivity contribution >= 4 is 17.5 Å². The number of ether oxygens (including phenoxy) is 1. The second-order valence-electron chi connectivity index (χ2n) is 7.11. The third-order valence-electron chi connectivity index (χ3n) is 4.82. The number of nitrogens with zero attached hydrogens (tertiary/aromatic N) is 3. The van der Waals surface area contributed by atoms with Crippen LogP contribution in [-0.4, -0.2) is 38.9 Å². The Bertz CT molecular complexity index is 1170. The number of nitrogens with two attached hydrogens (primary N) is 2. The Morgan fingerprint density at radius 1 is 1.28 bits per heavy atom. The van der Waals surface area contributed by atoms with Crippen LogP contribution in [0.2, 0.25) is 5.02 Å². The zero-order valence-electron chi connectivity index (χ0n) is 17.4. The lowest BCUT2D eigenvalue weighted by molar-refractivity contribution is -0.117. The number of hydrogen-bond donors (Lipinski definition) is 3. The molecule has 0 fully saturated rings. The van der Waals surface area contributed by atoms with Gasteiger partial charge in [-0.05, 0) is 25.1 Å². The standard InChI is InChI=1S/C21H22ClF2N5O3/c1-3-32-20-11(7-18(26)30)6-17(21(31,10-25)16-4-5-29(2)28-16)27-19(20)12-8-13(22)15(24)9-14(12)23/h4-6,8-9,31H,3,7,10,25H2,1-2H3,(H2,26,30)/t21-/m1/s1. The van der Waals surface area contributed by atoms with Gasteiger partial charge in [0.25, 0.3) is 0 Å². The quantitative estimate of drug-likeness (QED) is 0.436. The van der Waals surface area contributed by atoms with Crippen LogP contribution in [0.15, 0.2) is 30.5 Å². The second-order valence-corrected chi connectivity index (χ2v) is 7.51. The number of carbonyl (C=O) groups is 1. The zero-order valence-corrected chi connectivity index (χ0v) is 18.2. The molecule has 3 rings (SSSR count). The van der Waals surface area contributed by atoms with Crippen LogP contribution in [0.25, 0.3) is 11.3 Å². The summed E-state index contributed by atoms with van der Waals surface area (Å²) in [6.45, 7) is 1.51. The fourth-order valence-electron chi connectivity index (χ4n) is 3.29. The molecule has 0 spiro atoms. The average Bonchev–Trinajstić information content (AvgIpc) is 3.18. The summed E-state index contributed by atoms with van der Waals surface area (Å²) >= 11 is 5.88. The van der Waals surface area contributed by atoms with E-state index in [-0.39, 0.29) is 58.6 Å². The summed E-state index contributed by atoms with van der Waals surface area (Å²) in [5, 5.41) is 15.3. The van der Waals surface area contributed by atoms with Crippen molar-refractivity contribution in [2.45, 2.75) is 18.9 Å². The number of halogens is 3. The molecule has 0 aliphatic heterocycles. The molecule has 1 aromatic carbocycles. The molecule has 0 saturated carbocycles. The van der Waals surface area contributed by atoms with Crippen molar-refractivity contribution in [2.24, 2.45) is 18.5 Å². The smallest absolute Gasteiger partial charge is 0.221 e. The van der Waals surface area contributed by atoms with Crippen LogP contribution >= 0.6 is 11.6 Å². The molecule has 5 N–H and O–H groups in total. The first-order chi connectivity index (χ1) is 15.1. The van der Waals surface area contributed by atoms with Gasteiger partial charge in [0.1, 0.15) is 28.8 Å². The lowest BCUT2D eigenvalue weighted by Crippen LogP contribution is -2.38. The van der Waals surface area contributed by atoms with Crippen LogP contribution in [0.4, 0.5) is 8.78 Å². The molecule has 1 amide bonds. The summed E-state index contributed by atoms with van der Waals surface area (Å²) in [6, 6.07) is 4.62. The highest BCUT2D eigenvalue weighted by molar-refractivity contribution is 6.31. The van der Waals surface area contributed by atoms with E-state index in [0.717, 1.165) is 6.07 Å². The Labute approximate surface area is 187 Å². The molecule has 0 radical (unpaired) electrons. The average molecular weight is 466 g/mol. The lowest BCUT2D eigenvalue weighted by atomic mass is 9.92. The molecule has 0 aliphatic carbocycles. The maximum atomic E-state index is 14.8. The number of aryl methyl sites for hydroxylation is 1. The summed E-state index contributed by atoms with van der Waals surface area (Å²) in [6.07, 6.45) is 1.31. The van der Waals surface area contributed by atoms with Crippen LogP contribution in [0.1, 0.15) is 23.9 Å². The van der Waals surface area contributed by atoms with E-state index in [0.29, 0.717) is 6.07 Å². The topological polar surface area (TPSA) is 129 Å². The van der Waals surface area contributed by atoms with E-state index < -0.39 is 23.1 Å². The maximum absolute atomic E-state index is 14.8. The van der Waals surface area contributed by atoms with Crippen molar-refractivity contribution in [3.8, 4) is 17.0 Å². The first kappa shape index (κ1) is 23.6. The third kappa shape index (κ3) is 4.43. The highest BCUT2D eigenvalue weighted by Crippen LogP contribution is 2.39. The molecule has 8 nitrogen and oxygen atoms in total. The molecule has 0 unspecified atom stereocenters. The van der Waals surface area contributed by atoms with Gasteiger partial charge in [0.2, 0.25) is 5.91 Å². The highest BCUT2D eigenvalue weighted by Gasteiger charge is 2.36. The zero-order chi connectivity index (χ0) is 23.6. The van der Waals surface area contributed by atoms with Crippen molar-refractivity contribution in [1.82, 2.24) is 14.8 Å². The monoisotopic (exact) mass is 465 g/mol. The van der Waals surface area contributed by atoms with Crippen molar-refractivity contribution in [3.63, 3.8) is 0 Å². The number of rotatable bonds is 8. The number of hydrogen-bond acceptors (Lipinski definition) is 6. The molecule has 11 heteroatoms. The van der Waals surface area contributed by atoms with Gasteiger partial charge in [-0.15, -0.1) is 0 Å². The molecule has 170 valence electrons. The van der Waals surface area contributed by atoms with Crippen molar-refractivity contribution in [3.05, 3.63) is 64.1 Å². The molecular formula is C21H22ClF2N5O3. The Hall–Kier alpha value is -3.08. The third-order valence-corrected chi connectivity index (χ3v) is 5.11. The Morgan fingerprint density at radius 2 is 2.00 bits per heavy atom. The van der Waals surface area contributed by atoms with Gasteiger partial charge in [0.05, 0.1) is 23.7 Å². The molecule has 3 aromatic rings. The van der Waals surface area contributed by atoms with Gasteiger partial charge in [0.15, 0.2) is 5.60 Å². The van der Waals surface area contributed by atoms with Crippen molar-refractivity contribution < 1.29 is 23.4 Å². The molecule has 1 atom stereocenters. The van der Waals surface area contributed by atoms with Gasteiger partial charge >= 0.3 is 0 Å². The number of primary amides is 1. The van der Waals surface area contributed by atoms with Gasteiger partial charge in [-0.3, -0.25) is 9.48 Å². The largest absolute Gasteiger partial charge is 0.491 e. The predicted octanol–water partition coefficient (Wildman–Crippen LogP) is 2.03. The molecule has 2 aromatic heterocycles. The lowest BCUT2D eigenvalue weighted by Gasteiger charge is -2.26. The van der Waals surface area contributed by atoms with E-state index in [1.807, 2.05) is 0 Å². The molecule has 0 saturated heterocycles. The van der Waals surface area contributed by atoms with Gasteiger partial charge in [-0.1, -0.05) is 11.6 Å². The number of amides is 1. The van der Waals surface area contributed by atoms with Gasteiger partial charge in [-0.2, -0.15) is 5.10 Å². The van der Waals surface area contributed by atoms with Gasteiger partial charge < -0.3 is 21.3 Å². The number of aromatic nitrogens is 3. The van der Waals surface area contributed by atoms with E-state index in [1.165, 1.54) is 10.7 Å². The summed E-state index contributed by atoms with van der Waals surface area (Å²) in [7, 11) is 1.66. The maximum Gasteiger partial charge on any atom is 0.221 e. The van der Waals surface area contributed by atoms with E-state index in [2.05, 4.69) is 10.1 Å². The van der Waals surface area contributed by atoms with Gasteiger partial charge in [0, 0.05) is 37.0 Å². The number of pyridine rings is 1.